The molecule has 2 heterocycles. The van der Waals surface area contributed by atoms with E-state index in [1.165, 1.54) is 6.21 Å². The molecule has 1 aromatic carbocycles. The van der Waals surface area contributed by atoms with Crippen LogP contribution < -0.4 is 10.6 Å². The number of carbonyl (C=O) groups excluding carboxylic acids is 2. The zero-order chi connectivity index (χ0) is 15.0. The first-order valence-corrected chi connectivity index (χ1v) is 6.71. The fourth-order valence-corrected chi connectivity index (χ4v) is 2.80. The third-order valence-corrected chi connectivity index (χ3v) is 3.84. The number of hydrogen-bond donors (Lipinski definition) is 3. The van der Waals surface area contributed by atoms with Crippen LogP contribution in [0.2, 0.25) is 0 Å². The first-order chi connectivity index (χ1) is 10.2. The smallest absolute Gasteiger partial charge is 0.234 e. The standard InChI is InChI=1S/C15H15N3O3/c1-17-11-3-4-12-14(9(11)6-16)10(7-21-12)8-2-5-13(19)18-15(8)20/h3-4,6-8,16-17H,2,5H2,1H3,(H,18,19,20)/t8-/m1/s1. The Morgan fingerprint density at radius 1 is 1.43 bits per heavy atom. The number of anilines is 1. The molecule has 3 rings (SSSR count). The van der Waals surface area contributed by atoms with Crippen LogP contribution in [0.5, 0.6) is 0 Å². The highest BCUT2D eigenvalue weighted by molar-refractivity contribution is 6.08. The first-order valence-electron chi connectivity index (χ1n) is 6.71. The highest BCUT2D eigenvalue weighted by Crippen LogP contribution is 2.36. The number of benzene rings is 1. The van der Waals surface area contributed by atoms with Gasteiger partial charge < -0.3 is 15.1 Å². The summed E-state index contributed by atoms with van der Waals surface area (Å²) in [6.45, 7) is 0. The van der Waals surface area contributed by atoms with E-state index in [1.54, 1.807) is 13.3 Å². The van der Waals surface area contributed by atoms with Crippen LogP contribution in [0.1, 0.15) is 29.9 Å². The highest BCUT2D eigenvalue weighted by Gasteiger charge is 2.31. The summed E-state index contributed by atoms with van der Waals surface area (Å²) >= 11 is 0. The van der Waals surface area contributed by atoms with Crippen LogP contribution in [0.25, 0.3) is 11.0 Å². The van der Waals surface area contributed by atoms with Crippen molar-refractivity contribution in [1.29, 1.82) is 5.41 Å². The molecular weight excluding hydrogens is 270 g/mol. The molecule has 1 saturated heterocycles. The van der Waals surface area contributed by atoms with Crippen molar-refractivity contribution in [2.75, 3.05) is 12.4 Å². The van der Waals surface area contributed by atoms with Gasteiger partial charge in [-0.15, -0.1) is 0 Å². The third-order valence-electron chi connectivity index (χ3n) is 3.84. The summed E-state index contributed by atoms with van der Waals surface area (Å²) in [4.78, 5) is 23.3. The number of nitrogens with one attached hydrogen (secondary N) is 3. The normalized spacial score (nSPS) is 18.6. The summed E-state index contributed by atoms with van der Waals surface area (Å²) in [5, 5.41) is 13.8. The Balaban J connectivity index is 2.17. The van der Waals surface area contributed by atoms with Crippen molar-refractivity contribution in [3.63, 3.8) is 0 Å². The van der Waals surface area contributed by atoms with E-state index in [2.05, 4.69) is 10.6 Å². The first kappa shape index (κ1) is 13.4. The van der Waals surface area contributed by atoms with Crippen molar-refractivity contribution in [2.45, 2.75) is 18.8 Å². The van der Waals surface area contributed by atoms with Crippen LogP contribution in [-0.2, 0) is 9.59 Å². The van der Waals surface area contributed by atoms with Gasteiger partial charge in [-0.25, -0.2) is 0 Å². The van der Waals surface area contributed by atoms with E-state index in [0.717, 1.165) is 16.6 Å². The van der Waals surface area contributed by atoms with Crippen molar-refractivity contribution >= 4 is 34.7 Å². The Labute approximate surface area is 121 Å². The quantitative estimate of drug-likeness (QED) is 0.593. The van der Waals surface area contributed by atoms with Gasteiger partial charge in [0, 0.05) is 41.9 Å². The van der Waals surface area contributed by atoms with Crippen molar-refractivity contribution in [2.24, 2.45) is 0 Å². The van der Waals surface area contributed by atoms with E-state index < -0.39 is 5.92 Å². The lowest BCUT2D eigenvalue weighted by Gasteiger charge is -2.20. The molecule has 6 heteroatoms. The molecule has 0 unspecified atom stereocenters. The second-order valence-electron chi connectivity index (χ2n) is 4.99. The van der Waals surface area contributed by atoms with Gasteiger partial charge in [0.15, 0.2) is 0 Å². The van der Waals surface area contributed by atoms with Crippen LogP contribution >= 0.6 is 0 Å². The number of furan rings is 1. The molecule has 3 N–H and O–H groups in total. The molecule has 6 nitrogen and oxygen atoms in total. The number of carbonyl (C=O) groups is 2. The van der Waals surface area contributed by atoms with Gasteiger partial charge in [-0.1, -0.05) is 0 Å². The number of hydrogen-bond acceptors (Lipinski definition) is 5. The molecule has 1 aliphatic rings. The Hall–Kier alpha value is -2.63. The third kappa shape index (κ3) is 2.08. The molecule has 2 aromatic rings. The van der Waals surface area contributed by atoms with Crippen molar-refractivity contribution in [3.05, 3.63) is 29.5 Å². The van der Waals surface area contributed by atoms with Crippen LogP contribution in [0.3, 0.4) is 0 Å². The predicted octanol–water partition coefficient (Wildman–Crippen LogP) is 1.99. The maximum Gasteiger partial charge on any atom is 0.234 e. The Morgan fingerprint density at radius 3 is 2.90 bits per heavy atom. The van der Waals surface area contributed by atoms with Gasteiger partial charge in [0.1, 0.15) is 5.58 Å². The summed E-state index contributed by atoms with van der Waals surface area (Å²) in [6, 6.07) is 3.64. The maximum absolute atomic E-state index is 12.1. The van der Waals surface area contributed by atoms with Crippen molar-refractivity contribution in [1.82, 2.24) is 5.32 Å². The van der Waals surface area contributed by atoms with E-state index in [0.29, 0.717) is 24.0 Å². The fourth-order valence-electron chi connectivity index (χ4n) is 2.80. The van der Waals surface area contributed by atoms with E-state index >= 15 is 0 Å². The van der Waals surface area contributed by atoms with Gasteiger partial charge >= 0.3 is 0 Å². The largest absolute Gasteiger partial charge is 0.464 e. The lowest BCUT2D eigenvalue weighted by molar-refractivity contribution is -0.134. The predicted molar refractivity (Wildman–Crippen MR) is 78.8 cm³/mol. The maximum atomic E-state index is 12.1. The molecule has 0 bridgehead atoms. The molecule has 108 valence electrons. The SMILES string of the molecule is CNc1ccc2occ([C@H]3CCC(=O)NC3=O)c2c1C=N. The monoisotopic (exact) mass is 285 g/mol. The summed E-state index contributed by atoms with van der Waals surface area (Å²) in [7, 11) is 1.78. The van der Waals surface area contributed by atoms with Crippen molar-refractivity contribution < 1.29 is 14.0 Å². The minimum Gasteiger partial charge on any atom is -0.464 e. The van der Waals surface area contributed by atoms with Crippen LogP contribution in [0.4, 0.5) is 5.69 Å². The summed E-state index contributed by atoms with van der Waals surface area (Å²) < 4.78 is 5.52. The van der Waals surface area contributed by atoms with E-state index in [1.807, 2.05) is 12.1 Å². The molecule has 1 atom stereocenters. The minimum atomic E-state index is -0.422. The van der Waals surface area contributed by atoms with Gasteiger partial charge in [-0.3, -0.25) is 14.9 Å². The molecule has 1 aromatic heterocycles. The van der Waals surface area contributed by atoms with Crippen molar-refractivity contribution in [3.8, 4) is 0 Å². The summed E-state index contributed by atoms with van der Waals surface area (Å²) in [5.41, 5.74) is 2.84. The zero-order valence-electron chi connectivity index (χ0n) is 11.5. The number of imide groups is 1. The second kappa shape index (κ2) is 5.05. The van der Waals surface area contributed by atoms with Crippen LogP contribution in [-0.4, -0.2) is 25.1 Å². The molecule has 0 aliphatic carbocycles. The Morgan fingerprint density at radius 2 is 2.24 bits per heavy atom. The molecular formula is C15H15N3O3. The fraction of sp³-hybridized carbons (Fsp3) is 0.267. The van der Waals surface area contributed by atoms with E-state index in [-0.39, 0.29) is 11.8 Å². The van der Waals surface area contributed by atoms with Gasteiger partial charge in [-0.05, 0) is 18.6 Å². The number of piperidine rings is 1. The summed E-state index contributed by atoms with van der Waals surface area (Å²) in [5.74, 6) is -0.971. The minimum absolute atomic E-state index is 0.243. The van der Waals surface area contributed by atoms with Gasteiger partial charge in [0.25, 0.3) is 0 Å². The zero-order valence-corrected chi connectivity index (χ0v) is 11.5. The number of fused-ring (bicyclic) bond motifs is 1. The Bertz CT molecular complexity index is 748. The van der Waals surface area contributed by atoms with Gasteiger partial charge in [0.2, 0.25) is 11.8 Å². The average Bonchev–Trinajstić information content (AvgIpc) is 2.90. The number of amides is 2. The topological polar surface area (TPSA) is 95.2 Å². The number of rotatable bonds is 3. The lowest BCUT2D eigenvalue weighted by atomic mass is 9.89. The molecule has 2 amide bonds. The molecule has 1 fully saturated rings. The molecule has 0 radical (unpaired) electrons. The van der Waals surface area contributed by atoms with Crippen LogP contribution in [0, 0.1) is 5.41 Å². The average molecular weight is 285 g/mol. The van der Waals surface area contributed by atoms with E-state index in [4.69, 9.17) is 9.83 Å². The molecule has 21 heavy (non-hydrogen) atoms. The van der Waals surface area contributed by atoms with Gasteiger partial charge in [0.05, 0.1) is 12.2 Å². The molecule has 0 spiro atoms. The highest BCUT2D eigenvalue weighted by atomic mass is 16.3. The lowest BCUT2D eigenvalue weighted by Crippen LogP contribution is -2.39. The van der Waals surface area contributed by atoms with Crippen LogP contribution in [0.15, 0.2) is 22.8 Å². The molecule has 0 saturated carbocycles. The van der Waals surface area contributed by atoms with Gasteiger partial charge in [-0.2, -0.15) is 0 Å². The Kier molecular flexibility index (Phi) is 3.21. The second-order valence-corrected chi connectivity index (χ2v) is 4.99. The van der Waals surface area contributed by atoms with E-state index in [9.17, 15) is 9.59 Å². The summed E-state index contributed by atoms with van der Waals surface area (Å²) in [6.07, 6.45) is 3.57. The molecule has 1 aliphatic heterocycles.